The molecule has 0 amide bonds. The fourth-order valence-corrected chi connectivity index (χ4v) is 19.7. The third-order valence-corrected chi connectivity index (χ3v) is 20.8. The fraction of sp³-hybridized carbons (Fsp3) is 0.529. The van der Waals surface area contributed by atoms with Crippen LogP contribution in [-0.4, -0.2) is 16.1 Å². The first kappa shape index (κ1) is 36.8. The Balaban J connectivity index is 0.00000380. The molecule has 0 spiro atoms. The number of hydrogen-bond donors (Lipinski definition) is 0. The van der Waals surface area contributed by atoms with Gasteiger partial charge in [-0.05, 0) is 0 Å². The Morgan fingerprint density at radius 2 is 1.13 bits per heavy atom. The Labute approximate surface area is 264 Å². The van der Waals surface area contributed by atoms with E-state index < -0.39 is 37.9 Å². The van der Waals surface area contributed by atoms with E-state index in [0.717, 1.165) is 25.7 Å². The zero-order valence-corrected chi connectivity index (χ0v) is 32.7. The molecule has 0 aromatic carbocycles. The number of hydrogen-bond acceptors (Lipinski definition) is 0. The van der Waals surface area contributed by atoms with Gasteiger partial charge in [0.05, 0.1) is 0 Å². The van der Waals surface area contributed by atoms with Crippen molar-refractivity contribution in [2.45, 2.75) is 112 Å². The second kappa shape index (κ2) is 13.9. The zero-order chi connectivity index (χ0) is 27.9. The fourth-order valence-electron chi connectivity index (χ4n) is 6.70. The largest absolute Gasteiger partial charge is 1.00 e. The first-order chi connectivity index (χ1) is 16.9. The normalized spacial score (nSPS) is 18.7. The Morgan fingerprint density at radius 1 is 0.744 bits per heavy atom. The van der Waals surface area contributed by atoms with Crippen molar-refractivity contribution < 1.29 is 46.6 Å². The third-order valence-electron chi connectivity index (χ3n) is 8.41. The molecular weight excluding hydrogens is 627 g/mol. The summed E-state index contributed by atoms with van der Waals surface area (Å²) < 4.78 is 5.50. The van der Waals surface area contributed by atoms with Crippen LogP contribution in [0.1, 0.15) is 60.3 Å². The van der Waals surface area contributed by atoms with Crippen molar-refractivity contribution in [1.82, 2.24) is 0 Å². The van der Waals surface area contributed by atoms with Crippen molar-refractivity contribution in [3.8, 4) is 0 Å². The van der Waals surface area contributed by atoms with E-state index in [1.165, 1.54) is 23.2 Å². The summed E-state index contributed by atoms with van der Waals surface area (Å²) in [6, 6.07) is 2.46. The second-order valence-electron chi connectivity index (χ2n) is 14.8. The van der Waals surface area contributed by atoms with Gasteiger partial charge in [0.25, 0.3) is 0 Å². The first-order valence-corrected chi connectivity index (χ1v) is 25.4. The van der Waals surface area contributed by atoms with Crippen LogP contribution >= 0.6 is 0 Å². The van der Waals surface area contributed by atoms with Crippen LogP contribution in [0.3, 0.4) is 0 Å². The Morgan fingerprint density at radius 3 is 1.44 bits per heavy atom. The van der Waals surface area contributed by atoms with E-state index in [1.807, 2.05) is 9.84 Å². The van der Waals surface area contributed by atoms with Crippen molar-refractivity contribution in [3.05, 3.63) is 86.3 Å². The van der Waals surface area contributed by atoms with Crippen molar-refractivity contribution in [2.24, 2.45) is 5.41 Å². The molecule has 3 aliphatic rings. The summed E-state index contributed by atoms with van der Waals surface area (Å²) in [5, 5.41) is 0. The third kappa shape index (κ3) is 8.90. The van der Waals surface area contributed by atoms with Crippen LogP contribution in [0, 0.1) is 5.41 Å². The average molecular weight is 680 g/mol. The van der Waals surface area contributed by atoms with Gasteiger partial charge in [-0.1, -0.05) is 0 Å². The van der Waals surface area contributed by atoms with E-state index >= 15 is 0 Å². The van der Waals surface area contributed by atoms with Crippen molar-refractivity contribution in [1.29, 1.82) is 0 Å². The first-order valence-electron chi connectivity index (χ1n) is 14.3. The van der Waals surface area contributed by atoms with E-state index in [0.29, 0.717) is 0 Å². The van der Waals surface area contributed by atoms with Gasteiger partial charge in [0, 0.05) is 0 Å². The van der Waals surface area contributed by atoms with Gasteiger partial charge in [-0.15, -0.1) is 0 Å². The SMILES string of the molecule is C=C(CC1=[C]([Zr+2]([C]2=C(CC(=C)C[Si](C)(C)C)C=CC2)[C]2=C(C)C(C)=C(C)C2(C)C)CC=C1)C[Si](C)(C)C.[Cl-].[Cl-]. The van der Waals surface area contributed by atoms with Gasteiger partial charge in [-0.3, -0.25) is 0 Å². The predicted molar refractivity (Wildman–Crippen MR) is 170 cm³/mol. The summed E-state index contributed by atoms with van der Waals surface area (Å²) >= 11 is -2.39. The maximum Gasteiger partial charge on any atom is -1.00 e. The quantitative estimate of drug-likeness (QED) is 0.207. The van der Waals surface area contributed by atoms with Crippen LogP contribution in [0.15, 0.2) is 86.3 Å². The number of allylic oxidation sites excluding steroid dienone is 14. The molecule has 0 aromatic heterocycles. The molecule has 5 heteroatoms. The molecule has 0 bridgehead atoms. The molecule has 39 heavy (non-hydrogen) atoms. The van der Waals surface area contributed by atoms with Crippen LogP contribution in [0.5, 0.6) is 0 Å². The maximum absolute atomic E-state index is 4.58. The molecule has 0 saturated carbocycles. The molecule has 0 heterocycles. The molecule has 0 aliphatic heterocycles. The minimum atomic E-state index is -2.39. The van der Waals surface area contributed by atoms with Gasteiger partial charge in [-0.25, -0.2) is 0 Å². The van der Waals surface area contributed by atoms with E-state index in [9.17, 15) is 0 Å². The molecule has 0 unspecified atom stereocenters. The number of halogens is 2. The van der Waals surface area contributed by atoms with Crippen molar-refractivity contribution >= 4 is 16.1 Å². The summed E-state index contributed by atoms with van der Waals surface area (Å²) in [5.74, 6) is 0. The summed E-state index contributed by atoms with van der Waals surface area (Å²) in [6.45, 7) is 36.2. The van der Waals surface area contributed by atoms with Gasteiger partial charge >= 0.3 is 241 Å². The minimum Gasteiger partial charge on any atom is -1.00 e. The van der Waals surface area contributed by atoms with Gasteiger partial charge in [0.1, 0.15) is 0 Å². The second-order valence-corrected chi connectivity index (χ2v) is 31.8. The van der Waals surface area contributed by atoms with Crippen molar-refractivity contribution in [2.75, 3.05) is 0 Å². The Bertz CT molecular complexity index is 1110. The monoisotopic (exact) mass is 677 g/mol. The van der Waals surface area contributed by atoms with E-state index in [4.69, 9.17) is 0 Å². The molecule has 0 N–H and O–H groups in total. The van der Waals surface area contributed by atoms with Gasteiger partial charge in [0.2, 0.25) is 0 Å². The van der Waals surface area contributed by atoms with Crippen LogP contribution in [0.2, 0.25) is 51.4 Å². The molecule has 215 valence electrons. The van der Waals surface area contributed by atoms with Crippen LogP contribution in [0.25, 0.3) is 0 Å². The molecule has 0 radical (unpaired) electrons. The molecular formula is C34H53Cl2Si2Zr. The van der Waals surface area contributed by atoms with Crippen LogP contribution < -0.4 is 24.8 Å². The predicted octanol–water partition coefficient (Wildman–Crippen LogP) is 5.26. The Kier molecular flexibility index (Phi) is 13.1. The summed E-state index contributed by atoms with van der Waals surface area (Å²) in [6.07, 6.45) is 14.3. The number of rotatable bonds is 11. The molecule has 0 fully saturated rings. The zero-order valence-electron chi connectivity index (χ0n) is 26.7. The molecule has 0 nitrogen and oxygen atoms in total. The topological polar surface area (TPSA) is 0 Å². The molecule has 0 atom stereocenters. The summed E-state index contributed by atoms with van der Waals surface area (Å²) in [7, 11) is -2.33. The molecule has 3 aliphatic carbocycles. The summed E-state index contributed by atoms with van der Waals surface area (Å²) in [4.78, 5) is 0. The van der Waals surface area contributed by atoms with E-state index in [1.54, 1.807) is 27.9 Å². The standard InChI is InChI=1S/2C12H19Si.C10H15.2ClH.Zr/c2*1-11(10-13(2,3)4)9-12-7-5-6-8-12;1-7-6-10(4,5)9(3)8(7)2;;;/h2*5,7H,1,6,9-10H2,2-4H3;1-5H3;2*1H;/q;;;;;+2/p-2. The molecule has 0 saturated heterocycles. The average Bonchev–Trinajstić information content (AvgIpc) is 3.39. The van der Waals surface area contributed by atoms with Crippen molar-refractivity contribution in [3.63, 3.8) is 0 Å². The van der Waals surface area contributed by atoms with E-state index in [2.05, 4.69) is 111 Å². The van der Waals surface area contributed by atoms with Crippen LogP contribution in [0.4, 0.5) is 0 Å². The molecule has 3 rings (SSSR count). The minimum absolute atomic E-state index is 0. The smallest absolute Gasteiger partial charge is 1.00 e. The van der Waals surface area contributed by atoms with Gasteiger partial charge < -0.3 is 24.8 Å². The van der Waals surface area contributed by atoms with Crippen LogP contribution in [-0.2, 0) is 21.8 Å². The van der Waals surface area contributed by atoms with E-state index in [-0.39, 0.29) is 30.2 Å². The van der Waals surface area contributed by atoms with Gasteiger partial charge in [-0.2, -0.15) is 0 Å². The Hall–Kier alpha value is -0.183. The molecule has 0 aromatic rings. The summed E-state index contributed by atoms with van der Waals surface area (Å²) in [5.41, 5.74) is 11.0. The van der Waals surface area contributed by atoms with Gasteiger partial charge in [0.15, 0.2) is 0 Å². The maximum atomic E-state index is 4.58.